The van der Waals surface area contributed by atoms with Crippen molar-refractivity contribution < 1.29 is 13.2 Å². The van der Waals surface area contributed by atoms with Crippen LogP contribution in [0.3, 0.4) is 0 Å². The summed E-state index contributed by atoms with van der Waals surface area (Å²) in [5.74, 6) is 0.341. The minimum atomic E-state index is -3.81. The van der Waals surface area contributed by atoms with E-state index in [0.29, 0.717) is 12.2 Å². The molecule has 29 heavy (non-hydrogen) atoms. The molecule has 1 aromatic carbocycles. The Morgan fingerprint density at radius 3 is 2.45 bits per heavy atom. The Morgan fingerprint density at radius 2 is 1.83 bits per heavy atom. The van der Waals surface area contributed by atoms with Crippen molar-refractivity contribution in [2.75, 3.05) is 17.4 Å². The predicted octanol–water partition coefficient (Wildman–Crippen LogP) is 2.25. The van der Waals surface area contributed by atoms with Gasteiger partial charge in [0.25, 0.3) is 5.91 Å². The lowest BCUT2D eigenvalue weighted by molar-refractivity contribution is -0.122. The number of aryl methyl sites for hydroxylation is 2. The SMILES string of the molecule is CSCCC(NS(=O)(=O)C=Cc1ccccc1)C(=O)NNc1nc(C)cc(C)n1. The van der Waals surface area contributed by atoms with Crippen LogP contribution in [-0.4, -0.2) is 42.3 Å². The van der Waals surface area contributed by atoms with E-state index < -0.39 is 22.0 Å². The Balaban J connectivity index is 2.04. The zero-order valence-corrected chi connectivity index (χ0v) is 18.2. The second kappa shape index (κ2) is 10.9. The quantitative estimate of drug-likeness (QED) is 0.491. The lowest BCUT2D eigenvalue weighted by Crippen LogP contribution is -2.48. The van der Waals surface area contributed by atoms with E-state index in [2.05, 4.69) is 25.5 Å². The van der Waals surface area contributed by atoms with Crippen LogP contribution >= 0.6 is 11.8 Å². The first-order valence-electron chi connectivity index (χ1n) is 8.91. The average Bonchev–Trinajstić information content (AvgIpc) is 2.68. The molecule has 1 unspecified atom stereocenters. The van der Waals surface area contributed by atoms with E-state index in [4.69, 9.17) is 0 Å². The van der Waals surface area contributed by atoms with E-state index in [1.54, 1.807) is 12.1 Å². The standard InChI is InChI=1S/C19H25N5O3S2/c1-14-13-15(2)21-19(20-14)23-22-18(25)17(9-11-28-3)24-29(26,27)12-10-16-7-5-4-6-8-16/h4-8,10,12-13,17,24H,9,11H2,1-3H3,(H,22,25)(H,20,21,23). The van der Waals surface area contributed by atoms with E-state index in [9.17, 15) is 13.2 Å². The molecule has 0 saturated carbocycles. The van der Waals surface area contributed by atoms with Crippen LogP contribution in [0.2, 0.25) is 0 Å². The molecule has 1 amide bonds. The van der Waals surface area contributed by atoms with Gasteiger partial charge in [-0.25, -0.2) is 18.4 Å². The average molecular weight is 436 g/mol. The molecule has 1 heterocycles. The first-order valence-corrected chi connectivity index (χ1v) is 11.9. The topological polar surface area (TPSA) is 113 Å². The number of thioether (sulfide) groups is 1. The number of nitrogens with zero attached hydrogens (tertiary/aromatic N) is 2. The number of hydrazine groups is 1. The van der Waals surface area contributed by atoms with Crippen LogP contribution in [0.5, 0.6) is 0 Å². The van der Waals surface area contributed by atoms with Gasteiger partial charge < -0.3 is 0 Å². The molecule has 156 valence electrons. The molecule has 0 aliphatic carbocycles. The molecule has 1 atom stereocenters. The minimum absolute atomic E-state index is 0.242. The highest BCUT2D eigenvalue weighted by Crippen LogP contribution is 2.07. The monoisotopic (exact) mass is 435 g/mol. The van der Waals surface area contributed by atoms with Crippen molar-refractivity contribution in [1.29, 1.82) is 0 Å². The maximum Gasteiger partial charge on any atom is 0.256 e. The number of hydrogen-bond acceptors (Lipinski definition) is 7. The fraction of sp³-hybridized carbons (Fsp3) is 0.316. The molecule has 2 aromatic rings. The highest BCUT2D eigenvalue weighted by molar-refractivity contribution is 7.98. The maximum absolute atomic E-state index is 12.6. The van der Waals surface area contributed by atoms with E-state index in [0.717, 1.165) is 22.4 Å². The van der Waals surface area contributed by atoms with E-state index in [1.165, 1.54) is 17.8 Å². The van der Waals surface area contributed by atoms with Gasteiger partial charge >= 0.3 is 0 Å². The lowest BCUT2D eigenvalue weighted by atomic mass is 10.2. The number of benzene rings is 1. The van der Waals surface area contributed by atoms with Crippen LogP contribution in [0.1, 0.15) is 23.4 Å². The van der Waals surface area contributed by atoms with Gasteiger partial charge in [-0.05, 0) is 50.0 Å². The molecule has 0 fully saturated rings. The van der Waals surface area contributed by atoms with Gasteiger partial charge in [-0.2, -0.15) is 16.5 Å². The number of aromatic nitrogens is 2. The summed E-state index contributed by atoms with van der Waals surface area (Å²) >= 11 is 1.52. The summed E-state index contributed by atoms with van der Waals surface area (Å²) in [5.41, 5.74) is 7.38. The Kier molecular flexibility index (Phi) is 8.62. The Hall–Kier alpha value is -2.43. The van der Waals surface area contributed by atoms with Gasteiger partial charge in [0, 0.05) is 16.8 Å². The first kappa shape index (κ1) is 22.9. The van der Waals surface area contributed by atoms with Crippen molar-refractivity contribution in [3.63, 3.8) is 0 Å². The summed E-state index contributed by atoms with van der Waals surface area (Å²) in [6.45, 7) is 3.63. The largest absolute Gasteiger partial charge is 0.271 e. The number of hydrogen-bond donors (Lipinski definition) is 3. The van der Waals surface area contributed by atoms with Gasteiger partial charge in [-0.15, -0.1) is 0 Å². The molecule has 0 saturated heterocycles. The van der Waals surface area contributed by atoms with Crippen LogP contribution in [0, 0.1) is 13.8 Å². The number of nitrogens with one attached hydrogen (secondary N) is 3. The molecule has 0 aliphatic rings. The lowest BCUT2D eigenvalue weighted by Gasteiger charge is -2.17. The molecule has 8 nitrogen and oxygen atoms in total. The summed E-state index contributed by atoms with van der Waals surface area (Å²) in [4.78, 5) is 20.9. The van der Waals surface area contributed by atoms with E-state index in [-0.39, 0.29) is 5.95 Å². The van der Waals surface area contributed by atoms with Crippen LogP contribution in [-0.2, 0) is 14.8 Å². The molecule has 0 bridgehead atoms. The van der Waals surface area contributed by atoms with E-state index in [1.807, 2.05) is 44.4 Å². The molecular formula is C19H25N5O3S2. The van der Waals surface area contributed by atoms with Crippen molar-refractivity contribution in [2.45, 2.75) is 26.3 Å². The third-order valence-electron chi connectivity index (χ3n) is 3.75. The minimum Gasteiger partial charge on any atom is -0.271 e. The van der Waals surface area contributed by atoms with Crippen LogP contribution < -0.4 is 15.6 Å². The van der Waals surface area contributed by atoms with Crippen LogP contribution in [0.25, 0.3) is 6.08 Å². The molecule has 0 spiro atoms. The molecule has 0 aliphatic heterocycles. The molecule has 1 aromatic heterocycles. The van der Waals surface area contributed by atoms with Gasteiger partial charge in [0.2, 0.25) is 16.0 Å². The third-order valence-corrected chi connectivity index (χ3v) is 5.50. The fourth-order valence-corrected chi connectivity index (χ4v) is 3.94. The first-order chi connectivity index (χ1) is 13.8. The van der Waals surface area contributed by atoms with Crippen molar-refractivity contribution in [3.8, 4) is 0 Å². The second-order valence-corrected chi connectivity index (χ2v) is 8.88. The summed E-state index contributed by atoms with van der Waals surface area (Å²) in [6, 6.07) is 9.92. The summed E-state index contributed by atoms with van der Waals surface area (Å²) < 4.78 is 27.3. The highest BCUT2D eigenvalue weighted by Gasteiger charge is 2.23. The van der Waals surface area contributed by atoms with Crippen molar-refractivity contribution in [2.24, 2.45) is 0 Å². The van der Waals surface area contributed by atoms with Crippen molar-refractivity contribution in [3.05, 3.63) is 58.8 Å². The van der Waals surface area contributed by atoms with Gasteiger partial charge in [-0.3, -0.25) is 15.6 Å². The van der Waals surface area contributed by atoms with Crippen molar-refractivity contribution >= 4 is 39.7 Å². The summed E-state index contributed by atoms with van der Waals surface area (Å²) in [7, 11) is -3.81. The molecular weight excluding hydrogens is 410 g/mol. The van der Waals surface area contributed by atoms with E-state index >= 15 is 0 Å². The number of amides is 1. The van der Waals surface area contributed by atoms with Gasteiger partial charge in [0.15, 0.2) is 0 Å². The van der Waals surface area contributed by atoms with Gasteiger partial charge in [0.1, 0.15) is 6.04 Å². The Morgan fingerprint density at radius 1 is 1.17 bits per heavy atom. The number of sulfonamides is 1. The van der Waals surface area contributed by atoms with Crippen molar-refractivity contribution in [1.82, 2.24) is 20.1 Å². The molecule has 2 rings (SSSR count). The number of carbonyl (C=O) groups is 1. The second-order valence-electron chi connectivity index (χ2n) is 6.30. The van der Waals surface area contributed by atoms with Gasteiger partial charge in [0.05, 0.1) is 0 Å². The van der Waals surface area contributed by atoms with Crippen LogP contribution in [0.4, 0.5) is 5.95 Å². The fourth-order valence-electron chi connectivity index (χ4n) is 2.44. The number of rotatable bonds is 10. The summed E-state index contributed by atoms with van der Waals surface area (Å²) in [5, 5.41) is 1.06. The molecule has 3 N–H and O–H groups in total. The third kappa shape index (κ3) is 8.22. The highest BCUT2D eigenvalue weighted by atomic mass is 32.2. The van der Waals surface area contributed by atoms with Gasteiger partial charge in [-0.1, -0.05) is 30.3 Å². The normalized spacial score (nSPS) is 12.7. The number of carbonyl (C=O) groups excluding carboxylic acids is 1. The Bertz CT molecular complexity index is 929. The maximum atomic E-state index is 12.6. The summed E-state index contributed by atoms with van der Waals surface area (Å²) in [6.07, 6.45) is 3.70. The molecule has 0 radical (unpaired) electrons. The Labute approximate surface area is 175 Å². The zero-order chi connectivity index (χ0) is 21.3. The smallest absolute Gasteiger partial charge is 0.256 e. The molecule has 10 heteroatoms. The van der Waals surface area contributed by atoms with Crippen LogP contribution in [0.15, 0.2) is 41.8 Å². The predicted molar refractivity (Wildman–Crippen MR) is 118 cm³/mol. The number of anilines is 1. The zero-order valence-electron chi connectivity index (χ0n) is 16.5.